The lowest BCUT2D eigenvalue weighted by molar-refractivity contribution is -0.144. The predicted molar refractivity (Wildman–Crippen MR) is 64.5 cm³/mol. The summed E-state index contributed by atoms with van der Waals surface area (Å²) < 4.78 is 0. The zero-order valence-corrected chi connectivity index (χ0v) is 9.82. The average Bonchev–Trinajstić information content (AvgIpc) is 2.39. The molecule has 1 aromatic rings. The van der Waals surface area contributed by atoms with Crippen molar-refractivity contribution < 1.29 is 19.8 Å². The number of amides is 1. The fourth-order valence-electron chi connectivity index (χ4n) is 2.46. The molecular formula is C13H15NO4. The van der Waals surface area contributed by atoms with Gasteiger partial charge in [0.05, 0.1) is 5.92 Å². The first-order valence-electron chi connectivity index (χ1n) is 5.85. The maximum absolute atomic E-state index is 11.2. The summed E-state index contributed by atoms with van der Waals surface area (Å²) in [6.45, 7) is 0.534. The van der Waals surface area contributed by atoms with Gasteiger partial charge in [0, 0.05) is 19.0 Å². The van der Waals surface area contributed by atoms with E-state index >= 15 is 0 Å². The van der Waals surface area contributed by atoms with Crippen molar-refractivity contribution in [3.8, 4) is 0 Å². The number of hydrogen-bond acceptors (Lipinski definition) is 2. The summed E-state index contributed by atoms with van der Waals surface area (Å²) in [6, 6.07) is 9.25. The van der Waals surface area contributed by atoms with Crippen LogP contribution in [0.15, 0.2) is 30.3 Å². The fourth-order valence-corrected chi connectivity index (χ4v) is 2.46. The highest BCUT2D eigenvalue weighted by molar-refractivity contribution is 5.73. The van der Waals surface area contributed by atoms with Crippen LogP contribution in [0.1, 0.15) is 17.9 Å². The van der Waals surface area contributed by atoms with Gasteiger partial charge in [-0.25, -0.2) is 4.79 Å². The molecule has 1 fully saturated rings. The van der Waals surface area contributed by atoms with Crippen molar-refractivity contribution in [1.29, 1.82) is 0 Å². The summed E-state index contributed by atoms with van der Waals surface area (Å²) in [5, 5.41) is 18.2. The minimum absolute atomic E-state index is 0.246. The second kappa shape index (κ2) is 5.08. The van der Waals surface area contributed by atoms with Crippen molar-refractivity contribution >= 4 is 12.1 Å². The summed E-state index contributed by atoms with van der Waals surface area (Å²) in [6.07, 6.45) is -0.624. The minimum Gasteiger partial charge on any atom is -0.481 e. The van der Waals surface area contributed by atoms with Gasteiger partial charge in [-0.05, 0) is 12.0 Å². The van der Waals surface area contributed by atoms with Crippen LogP contribution in [0.4, 0.5) is 4.79 Å². The molecule has 1 aromatic carbocycles. The number of aliphatic carboxylic acids is 1. The summed E-state index contributed by atoms with van der Waals surface area (Å²) in [7, 11) is 0. The Labute approximate surface area is 105 Å². The third kappa shape index (κ3) is 2.45. The Hall–Kier alpha value is -2.04. The molecule has 5 nitrogen and oxygen atoms in total. The number of likely N-dealkylation sites (tertiary alicyclic amines) is 1. The van der Waals surface area contributed by atoms with Crippen LogP contribution in [0, 0.1) is 5.92 Å². The molecule has 1 saturated heterocycles. The van der Waals surface area contributed by atoms with Gasteiger partial charge < -0.3 is 15.1 Å². The molecule has 1 aliphatic rings. The SMILES string of the molecule is O=C(O)[C@H]1CCN(C(=O)O)C[C@H]1c1ccccc1. The van der Waals surface area contributed by atoms with E-state index < -0.39 is 18.0 Å². The lowest BCUT2D eigenvalue weighted by atomic mass is 9.81. The largest absolute Gasteiger partial charge is 0.481 e. The van der Waals surface area contributed by atoms with Gasteiger partial charge in [-0.15, -0.1) is 0 Å². The molecule has 0 saturated carbocycles. The van der Waals surface area contributed by atoms with Gasteiger partial charge >= 0.3 is 12.1 Å². The Morgan fingerprint density at radius 3 is 2.39 bits per heavy atom. The first-order chi connectivity index (χ1) is 8.59. The zero-order chi connectivity index (χ0) is 13.1. The molecule has 0 aliphatic carbocycles. The maximum Gasteiger partial charge on any atom is 0.407 e. The van der Waals surface area contributed by atoms with Crippen molar-refractivity contribution in [2.75, 3.05) is 13.1 Å². The van der Waals surface area contributed by atoms with E-state index in [1.54, 1.807) is 0 Å². The number of rotatable bonds is 2. The lowest BCUT2D eigenvalue weighted by Gasteiger charge is -2.35. The third-order valence-corrected chi connectivity index (χ3v) is 3.43. The molecule has 0 bridgehead atoms. The van der Waals surface area contributed by atoms with Crippen LogP contribution in [-0.2, 0) is 4.79 Å². The third-order valence-electron chi connectivity index (χ3n) is 3.43. The van der Waals surface area contributed by atoms with Gasteiger partial charge in [0.25, 0.3) is 0 Å². The standard InChI is InChI=1S/C13H15NO4/c15-12(16)10-6-7-14(13(17)18)8-11(10)9-4-2-1-3-5-9/h1-5,10-11H,6-8H2,(H,15,16)(H,17,18)/t10-,11-/m0/s1. The highest BCUT2D eigenvalue weighted by atomic mass is 16.4. The Morgan fingerprint density at radius 2 is 1.83 bits per heavy atom. The van der Waals surface area contributed by atoms with Gasteiger partial charge in [-0.2, -0.15) is 0 Å². The van der Waals surface area contributed by atoms with Crippen molar-refractivity contribution in [3.05, 3.63) is 35.9 Å². The normalized spacial score (nSPS) is 23.7. The van der Waals surface area contributed by atoms with Crippen LogP contribution < -0.4 is 0 Å². The molecule has 2 atom stereocenters. The molecule has 1 amide bonds. The first-order valence-corrected chi connectivity index (χ1v) is 5.85. The van der Waals surface area contributed by atoms with Crippen molar-refractivity contribution in [3.63, 3.8) is 0 Å². The van der Waals surface area contributed by atoms with Gasteiger partial charge in [-0.1, -0.05) is 30.3 Å². The van der Waals surface area contributed by atoms with Gasteiger partial charge in [0.2, 0.25) is 0 Å². The van der Waals surface area contributed by atoms with E-state index in [4.69, 9.17) is 5.11 Å². The zero-order valence-electron chi connectivity index (χ0n) is 9.82. The van der Waals surface area contributed by atoms with Gasteiger partial charge in [0.15, 0.2) is 0 Å². The summed E-state index contributed by atoms with van der Waals surface area (Å²) in [5.74, 6) is -1.63. The van der Waals surface area contributed by atoms with E-state index in [0.717, 1.165) is 5.56 Å². The van der Waals surface area contributed by atoms with Crippen molar-refractivity contribution in [1.82, 2.24) is 4.90 Å². The average molecular weight is 249 g/mol. The summed E-state index contributed by atoms with van der Waals surface area (Å²) in [5.41, 5.74) is 0.885. The highest BCUT2D eigenvalue weighted by Crippen LogP contribution is 2.32. The molecular weight excluding hydrogens is 234 g/mol. The van der Waals surface area contributed by atoms with Crippen LogP contribution in [0.2, 0.25) is 0 Å². The van der Waals surface area contributed by atoms with E-state index in [-0.39, 0.29) is 19.0 Å². The predicted octanol–water partition coefficient (Wildman–Crippen LogP) is 1.85. The first kappa shape index (κ1) is 12.4. The molecule has 5 heteroatoms. The molecule has 2 rings (SSSR count). The fraction of sp³-hybridized carbons (Fsp3) is 0.385. The van der Waals surface area contributed by atoms with E-state index in [1.807, 2.05) is 30.3 Å². The topological polar surface area (TPSA) is 77.8 Å². The number of hydrogen-bond donors (Lipinski definition) is 2. The lowest BCUT2D eigenvalue weighted by Crippen LogP contribution is -2.44. The highest BCUT2D eigenvalue weighted by Gasteiger charge is 2.36. The van der Waals surface area contributed by atoms with E-state index in [0.29, 0.717) is 6.42 Å². The Balaban J connectivity index is 2.25. The molecule has 2 N–H and O–H groups in total. The van der Waals surface area contributed by atoms with Crippen LogP contribution in [0.25, 0.3) is 0 Å². The molecule has 0 spiro atoms. The smallest absolute Gasteiger partial charge is 0.407 e. The van der Waals surface area contributed by atoms with Crippen LogP contribution >= 0.6 is 0 Å². The molecule has 18 heavy (non-hydrogen) atoms. The van der Waals surface area contributed by atoms with Crippen molar-refractivity contribution in [2.45, 2.75) is 12.3 Å². The van der Waals surface area contributed by atoms with Crippen molar-refractivity contribution in [2.24, 2.45) is 5.92 Å². The number of nitrogens with zero attached hydrogens (tertiary/aromatic N) is 1. The Kier molecular flexibility index (Phi) is 3.50. The van der Waals surface area contributed by atoms with Crippen LogP contribution in [0.5, 0.6) is 0 Å². The van der Waals surface area contributed by atoms with Gasteiger partial charge in [0.1, 0.15) is 0 Å². The second-order valence-electron chi connectivity index (χ2n) is 4.48. The van der Waals surface area contributed by atoms with Crippen LogP contribution in [0.3, 0.4) is 0 Å². The molecule has 1 aliphatic heterocycles. The maximum atomic E-state index is 11.2. The van der Waals surface area contributed by atoms with E-state index in [1.165, 1.54) is 4.90 Å². The molecule has 96 valence electrons. The molecule has 0 radical (unpaired) electrons. The number of carbonyl (C=O) groups is 2. The number of benzene rings is 1. The summed E-state index contributed by atoms with van der Waals surface area (Å²) in [4.78, 5) is 23.5. The Bertz CT molecular complexity index is 446. The van der Waals surface area contributed by atoms with Crippen LogP contribution in [-0.4, -0.2) is 40.3 Å². The monoisotopic (exact) mass is 249 g/mol. The molecule has 0 unspecified atom stereocenters. The Morgan fingerprint density at radius 1 is 1.17 bits per heavy atom. The molecule has 0 aromatic heterocycles. The summed E-state index contributed by atoms with van der Waals surface area (Å²) >= 11 is 0. The number of carboxylic acids is 1. The minimum atomic E-state index is -0.986. The number of piperidine rings is 1. The van der Waals surface area contributed by atoms with E-state index in [2.05, 4.69) is 0 Å². The number of carboxylic acid groups (broad SMARTS) is 2. The second-order valence-corrected chi connectivity index (χ2v) is 4.48. The van der Waals surface area contributed by atoms with Gasteiger partial charge in [-0.3, -0.25) is 4.79 Å². The quantitative estimate of drug-likeness (QED) is 0.838. The molecule has 1 heterocycles. The van der Waals surface area contributed by atoms with E-state index in [9.17, 15) is 14.7 Å².